The van der Waals surface area contributed by atoms with Gasteiger partial charge in [-0.05, 0) is 31.2 Å². The third-order valence-electron chi connectivity index (χ3n) is 4.15. The SMILES string of the molecule is C[C@@H](CCn1cccn1)NC[C@H]1CCO[C@@H]1C(C)(C)C. The molecule has 1 fully saturated rings. The molecule has 0 saturated carbocycles. The van der Waals surface area contributed by atoms with E-state index in [1.165, 1.54) is 6.42 Å². The molecule has 0 amide bonds. The van der Waals surface area contributed by atoms with Crippen LogP contribution < -0.4 is 5.32 Å². The lowest BCUT2D eigenvalue weighted by Crippen LogP contribution is -2.39. The van der Waals surface area contributed by atoms with Gasteiger partial charge in [-0.3, -0.25) is 4.68 Å². The van der Waals surface area contributed by atoms with Crippen LogP contribution in [0.25, 0.3) is 0 Å². The molecule has 1 saturated heterocycles. The Morgan fingerprint density at radius 1 is 1.45 bits per heavy atom. The number of hydrogen-bond acceptors (Lipinski definition) is 3. The van der Waals surface area contributed by atoms with Crippen LogP contribution >= 0.6 is 0 Å². The Morgan fingerprint density at radius 3 is 2.90 bits per heavy atom. The summed E-state index contributed by atoms with van der Waals surface area (Å²) in [6.07, 6.45) is 6.53. The number of nitrogens with one attached hydrogen (secondary N) is 1. The van der Waals surface area contributed by atoms with Crippen LogP contribution in [0.1, 0.15) is 40.5 Å². The monoisotopic (exact) mass is 279 g/mol. The minimum atomic E-state index is 0.237. The Bertz CT molecular complexity index is 383. The van der Waals surface area contributed by atoms with Crippen LogP contribution in [0.3, 0.4) is 0 Å². The maximum atomic E-state index is 5.93. The second-order valence-corrected chi connectivity index (χ2v) is 7.07. The van der Waals surface area contributed by atoms with Gasteiger partial charge in [0.2, 0.25) is 0 Å². The Morgan fingerprint density at radius 2 is 2.25 bits per heavy atom. The second kappa shape index (κ2) is 6.72. The molecule has 1 N–H and O–H groups in total. The molecule has 0 bridgehead atoms. The van der Waals surface area contributed by atoms with Gasteiger partial charge >= 0.3 is 0 Å². The van der Waals surface area contributed by atoms with Crippen LogP contribution in [0.2, 0.25) is 0 Å². The van der Waals surface area contributed by atoms with Crippen molar-refractivity contribution in [2.75, 3.05) is 13.2 Å². The highest BCUT2D eigenvalue weighted by atomic mass is 16.5. The zero-order valence-corrected chi connectivity index (χ0v) is 13.3. The van der Waals surface area contributed by atoms with Crippen molar-refractivity contribution in [2.24, 2.45) is 11.3 Å². The Kier molecular flexibility index (Phi) is 5.22. The predicted molar refractivity (Wildman–Crippen MR) is 81.6 cm³/mol. The molecular formula is C16H29N3O. The standard InChI is InChI=1S/C16H29N3O/c1-13(6-10-19-9-5-8-18-19)17-12-14-7-11-20-15(14)16(2,3)4/h5,8-9,13-15,17H,6-7,10-12H2,1-4H3/t13-,14+,15-/m0/s1. The molecular weight excluding hydrogens is 250 g/mol. The number of ether oxygens (including phenoxy) is 1. The summed E-state index contributed by atoms with van der Waals surface area (Å²) in [4.78, 5) is 0. The van der Waals surface area contributed by atoms with Gasteiger partial charge in [-0.1, -0.05) is 20.8 Å². The first kappa shape index (κ1) is 15.5. The number of hydrogen-bond donors (Lipinski definition) is 1. The van der Waals surface area contributed by atoms with Crippen LogP contribution in [0, 0.1) is 11.3 Å². The van der Waals surface area contributed by atoms with Gasteiger partial charge in [-0.2, -0.15) is 5.10 Å². The zero-order chi connectivity index (χ0) is 14.6. The average molecular weight is 279 g/mol. The van der Waals surface area contributed by atoms with Crippen molar-refractivity contribution in [3.05, 3.63) is 18.5 Å². The molecule has 114 valence electrons. The summed E-state index contributed by atoms with van der Waals surface area (Å²) in [6, 6.07) is 2.49. The molecule has 0 radical (unpaired) electrons. The molecule has 1 aromatic rings. The fourth-order valence-electron chi connectivity index (χ4n) is 3.01. The summed E-state index contributed by atoms with van der Waals surface area (Å²) in [5, 5.41) is 7.91. The molecule has 2 heterocycles. The van der Waals surface area contributed by atoms with Crippen molar-refractivity contribution in [2.45, 2.75) is 59.2 Å². The third kappa shape index (κ3) is 4.32. The van der Waals surface area contributed by atoms with Crippen LogP contribution in [-0.4, -0.2) is 35.1 Å². The molecule has 1 aromatic heterocycles. The summed E-state index contributed by atoms with van der Waals surface area (Å²) in [6.45, 7) is 12.0. The number of aromatic nitrogens is 2. The van der Waals surface area contributed by atoms with Gasteiger partial charge in [0.25, 0.3) is 0 Å². The summed E-state index contributed by atoms with van der Waals surface area (Å²) in [7, 11) is 0. The highest BCUT2D eigenvalue weighted by Crippen LogP contribution is 2.34. The first-order valence-electron chi connectivity index (χ1n) is 7.79. The largest absolute Gasteiger partial charge is 0.377 e. The summed E-state index contributed by atoms with van der Waals surface area (Å²) < 4.78 is 7.92. The van der Waals surface area contributed by atoms with Crippen molar-refractivity contribution in [1.29, 1.82) is 0 Å². The molecule has 0 aromatic carbocycles. The molecule has 4 nitrogen and oxygen atoms in total. The van der Waals surface area contributed by atoms with Gasteiger partial charge in [-0.25, -0.2) is 0 Å². The molecule has 0 unspecified atom stereocenters. The molecule has 4 heteroatoms. The Labute approximate surface area is 122 Å². The van der Waals surface area contributed by atoms with E-state index in [2.05, 4.69) is 38.1 Å². The third-order valence-corrected chi connectivity index (χ3v) is 4.15. The van der Waals surface area contributed by atoms with Crippen molar-refractivity contribution in [3.8, 4) is 0 Å². The Hall–Kier alpha value is -0.870. The fourth-order valence-corrected chi connectivity index (χ4v) is 3.01. The normalized spacial score (nSPS) is 25.0. The molecule has 1 aliphatic rings. The minimum absolute atomic E-state index is 0.237. The van der Waals surface area contributed by atoms with Gasteiger partial charge in [0.1, 0.15) is 0 Å². The van der Waals surface area contributed by atoms with Gasteiger partial charge in [-0.15, -0.1) is 0 Å². The lowest BCUT2D eigenvalue weighted by molar-refractivity contribution is 0.00682. The van der Waals surface area contributed by atoms with Crippen LogP contribution in [0.15, 0.2) is 18.5 Å². The van der Waals surface area contributed by atoms with E-state index in [0.29, 0.717) is 18.1 Å². The van der Waals surface area contributed by atoms with Gasteiger partial charge in [0.15, 0.2) is 0 Å². The molecule has 0 spiro atoms. The van der Waals surface area contributed by atoms with Gasteiger partial charge < -0.3 is 10.1 Å². The molecule has 0 aliphatic carbocycles. The highest BCUT2D eigenvalue weighted by molar-refractivity contribution is 4.87. The maximum absolute atomic E-state index is 5.93. The lowest BCUT2D eigenvalue weighted by Gasteiger charge is -2.31. The minimum Gasteiger partial charge on any atom is -0.377 e. The van der Waals surface area contributed by atoms with E-state index in [1.807, 2.05) is 23.1 Å². The first-order valence-corrected chi connectivity index (χ1v) is 7.79. The number of rotatable bonds is 6. The Balaban J connectivity index is 1.71. The van der Waals surface area contributed by atoms with E-state index >= 15 is 0 Å². The number of nitrogens with zero attached hydrogens (tertiary/aromatic N) is 2. The fraction of sp³-hybridized carbons (Fsp3) is 0.812. The van der Waals surface area contributed by atoms with E-state index in [9.17, 15) is 0 Å². The summed E-state index contributed by atoms with van der Waals surface area (Å²) in [5.41, 5.74) is 0.237. The van der Waals surface area contributed by atoms with E-state index < -0.39 is 0 Å². The van der Waals surface area contributed by atoms with E-state index in [4.69, 9.17) is 4.74 Å². The first-order chi connectivity index (χ1) is 9.47. The lowest BCUT2D eigenvalue weighted by atomic mass is 9.81. The maximum Gasteiger partial charge on any atom is 0.0664 e. The highest BCUT2D eigenvalue weighted by Gasteiger charge is 2.36. The summed E-state index contributed by atoms with van der Waals surface area (Å²) in [5.74, 6) is 0.641. The average Bonchev–Trinajstić information content (AvgIpc) is 3.03. The molecule has 3 atom stereocenters. The van der Waals surface area contributed by atoms with E-state index in [0.717, 1.165) is 26.1 Å². The van der Waals surface area contributed by atoms with Crippen LogP contribution in [0.5, 0.6) is 0 Å². The van der Waals surface area contributed by atoms with E-state index in [1.54, 1.807) is 0 Å². The predicted octanol–water partition coefficient (Wildman–Crippen LogP) is 2.70. The van der Waals surface area contributed by atoms with Gasteiger partial charge in [0.05, 0.1) is 6.10 Å². The second-order valence-electron chi connectivity index (χ2n) is 7.07. The van der Waals surface area contributed by atoms with Crippen molar-refractivity contribution in [1.82, 2.24) is 15.1 Å². The molecule has 20 heavy (non-hydrogen) atoms. The van der Waals surface area contributed by atoms with Crippen LogP contribution in [-0.2, 0) is 11.3 Å². The zero-order valence-electron chi connectivity index (χ0n) is 13.3. The van der Waals surface area contributed by atoms with Crippen molar-refractivity contribution >= 4 is 0 Å². The quantitative estimate of drug-likeness (QED) is 0.870. The summed E-state index contributed by atoms with van der Waals surface area (Å²) >= 11 is 0. The smallest absolute Gasteiger partial charge is 0.0664 e. The molecule has 2 rings (SSSR count). The van der Waals surface area contributed by atoms with E-state index in [-0.39, 0.29) is 5.41 Å². The topological polar surface area (TPSA) is 39.1 Å². The molecule has 1 aliphatic heterocycles. The number of aryl methyl sites for hydroxylation is 1. The van der Waals surface area contributed by atoms with Crippen molar-refractivity contribution in [3.63, 3.8) is 0 Å². The van der Waals surface area contributed by atoms with Gasteiger partial charge in [0, 0.05) is 44.0 Å². The van der Waals surface area contributed by atoms with Crippen LogP contribution in [0.4, 0.5) is 0 Å². The van der Waals surface area contributed by atoms with Crippen molar-refractivity contribution < 1.29 is 4.74 Å².